The topological polar surface area (TPSA) is 55.6 Å². The highest BCUT2D eigenvalue weighted by Crippen LogP contribution is 2.35. The summed E-state index contributed by atoms with van der Waals surface area (Å²) in [6, 6.07) is 15.7. The summed E-state index contributed by atoms with van der Waals surface area (Å²) in [5, 5.41) is 9.67. The molecule has 0 atom stereocenters. The van der Waals surface area contributed by atoms with Gasteiger partial charge in [-0.25, -0.2) is 14.6 Å². The Morgan fingerprint density at radius 3 is 2.43 bits per heavy atom. The molecule has 2 heterocycles. The predicted molar refractivity (Wildman–Crippen MR) is 113 cm³/mol. The van der Waals surface area contributed by atoms with Crippen LogP contribution >= 0.6 is 23.2 Å². The van der Waals surface area contributed by atoms with E-state index in [4.69, 9.17) is 28.3 Å². The van der Waals surface area contributed by atoms with Gasteiger partial charge in [0.2, 0.25) is 0 Å². The van der Waals surface area contributed by atoms with Gasteiger partial charge in [0.05, 0.1) is 10.7 Å². The number of halogens is 2. The second-order valence-corrected chi connectivity index (χ2v) is 7.75. The smallest absolute Gasteiger partial charge is 0.158 e. The first-order chi connectivity index (χ1) is 13.7. The molecule has 0 bridgehead atoms. The van der Waals surface area contributed by atoms with E-state index in [1.165, 1.54) is 6.42 Å². The summed E-state index contributed by atoms with van der Waals surface area (Å²) < 4.78 is 1.84. The molecule has 1 fully saturated rings. The van der Waals surface area contributed by atoms with Gasteiger partial charge in [-0.3, -0.25) is 0 Å². The van der Waals surface area contributed by atoms with Crippen molar-refractivity contribution in [3.63, 3.8) is 0 Å². The van der Waals surface area contributed by atoms with Crippen molar-refractivity contribution in [1.29, 1.82) is 0 Å². The van der Waals surface area contributed by atoms with Gasteiger partial charge in [0.15, 0.2) is 11.3 Å². The third-order valence-corrected chi connectivity index (χ3v) is 5.67. The van der Waals surface area contributed by atoms with Crippen LogP contribution in [0.1, 0.15) is 19.3 Å². The molecule has 1 saturated carbocycles. The third-order valence-electron chi connectivity index (χ3n) is 5.10. The van der Waals surface area contributed by atoms with E-state index in [1.807, 2.05) is 53.2 Å². The van der Waals surface area contributed by atoms with Crippen LogP contribution in [0.25, 0.3) is 28.0 Å². The molecular formula is C21H17Cl2N5. The zero-order chi connectivity index (χ0) is 19.1. The van der Waals surface area contributed by atoms with Crippen LogP contribution in [0.4, 0.5) is 5.82 Å². The van der Waals surface area contributed by atoms with Gasteiger partial charge in [0.1, 0.15) is 17.5 Å². The minimum absolute atomic E-state index is 0.447. The molecule has 1 N–H and O–H groups in total. The predicted octanol–water partition coefficient (Wildman–Crippen LogP) is 5.75. The summed E-state index contributed by atoms with van der Waals surface area (Å²) in [6.07, 6.45) is 5.14. The summed E-state index contributed by atoms with van der Waals surface area (Å²) in [6.45, 7) is 0. The standard InChI is InChI=1S/C21H17Cl2N5/c22-14-10-8-13(9-11-14)20-18-19(21(25-12-24-18)26-15-4-3-5-15)27-28(20)17-7-2-1-6-16(17)23/h1-2,6-12,15H,3-5H2,(H,24,25,26). The van der Waals surface area contributed by atoms with Crippen molar-refractivity contribution in [3.8, 4) is 16.9 Å². The SMILES string of the molecule is Clc1ccc(-c2c3ncnc(NC4CCC4)c3nn2-c2ccccc2Cl)cc1. The van der Waals surface area contributed by atoms with Crippen LogP contribution in [0, 0.1) is 0 Å². The van der Waals surface area contributed by atoms with Crippen LogP contribution in [-0.4, -0.2) is 25.8 Å². The molecule has 0 radical (unpaired) electrons. The zero-order valence-corrected chi connectivity index (χ0v) is 16.5. The highest BCUT2D eigenvalue weighted by molar-refractivity contribution is 6.32. The van der Waals surface area contributed by atoms with Gasteiger partial charge >= 0.3 is 0 Å². The molecule has 2 aromatic heterocycles. The fourth-order valence-electron chi connectivity index (χ4n) is 3.41. The van der Waals surface area contributed by atoms with Crippen LogP contribution < -0.4 is 5.32 Å². The van der Waals surface area contributed by atoms with Crippen molar-refractivity contribution < 1.29 is 0 Å². The van der Waals surface area contributed by atoms with Gasteiger partial charge in [-0.15, -0.1) is 0 Å². The quantitative estimate of drug-likeness (QED) is 0.465. The summed E-state index contributed by atoms with van der Waals surface area (Å²) >= 11 is 12.6. The summed E-state index contributed by atoms with van der Waals surface area (Å²) in [5.41, 5.74) is 4.12. The lowest BCUT2D eigenvalue weighted by Gasteiger charge is -2.26. The Hall–Kier alpha value is -2.63. The Morgan fingerprint density at radius 1 is 0.929 bits per heavy atom. The van der Waals surface area contributed by atoms with Crippen molar-refractivity contribution in [2.45, 2.75) is 25.3 Å². The van der Waals surface area contributed by atoms with Gasteiger partial charge in [0, 0.05) is 16.6 Å². The maximum atomic E-state index is 6.49. The molecule has 4 aromatic rings. The van der Waals surface area contributed by atoms with Gasteiger partial charge in [-0.1, -0.05) is 47.5 Å². The molecule has 1 aliphatic carbocycles. The Morgan fingerprint density at radius 2 is 1.71 bits per heavy atom. The first-order valence-electron chi connectivity index (χ1n) is 9.22. The molecule has 0 unspecified atom stereocenters. The molecule has 5 nitrogen and oxygen atoms in total. The van der Waals surface area contributed by atoms with E-state index in [1.54, 1.807) is 6.33 Å². The fraction of sp³-hybridized carbons (Fsp3) is 0.190. The lowest BCUT2D eigenvalue weighted by Crippen LogP contribution is -2.27. The van der Waals surface area contributed by atoms with Crippen molar-refractivity contribution in [3.05, 3.63) is 64.9 Å². The number of nitrogens with zero attached hydrogens (tertiary/aromatic N) is 4. The van der Waals surface area contributed by atoms with Crippen molar-refractivity contribution in [2.24, 2.45) is 0 Å². The fourth-order valence-corrected chi connectivity index (χ4v) is 3.76. The van der Waals surface area contributed by atoms with Gasteiger partial charge in [-0.2, -0.15) is 5.10 Å². The third kappa shape index (κ3) is 3.01. The van der Waals surface area contributed by atoms with Crippen LogP contribution in [-0.2, 0) is 0 Å². The van der Waals surface area contributed by atoms with Crippen molar-refractivity contribution >= 4 is 40.1 Å². The zero-order valence-electron chi connectivity index (χ0n) is 14.9. The van der Waals surface area contributed by atoms with E-state index in [2.05, 4.69) is 15.3 Å². The normalized spacial score (nSPS) is 14.2. The second kappa shape index (κ2) is 7.08. The van der Waals surface area contributed by atoms with E-state index in [-0.39, 0.29) is 0 Å². The first-order valence-corrected chi connectivity index (χ1v) is 9.97. The number of anilines is 1. The number of rotatable bonds is 4. The lowest BCUT2D eigenvalue weighted by molar-refractivity contribution is 0.444. The molecule has 28 heavy (non-hydrogen) atoms. The number of hydrogen-bond donors (Lipinski definition) is 1. The number of nitrogens with one attached hydrogen (secondary N) is 1. The molecule has 0 spiro atoms. The Labute approximate surface area is 172 Å². The van der Waals surface area contributed by atoms with E-state index in [0.29, 0.717) is 16.1 Å². The number of benzene rings is 2. The average molecular weight is 410 g/mol. The Balaban J connectivity index is 1.76. The molecule has 0 saturated heterocycles. The largest absolute Gasteiger partial charge is 0.365 e. The number of para-hydroxylation sites is 1. The lowest BCUT2D eigenvalue weighted by atomic mass is 9.93. The molecule has 7 heteroatoms. The van der Waals surface area contributed by atoms with E-state index < -0.39 is 0 Å². The maximum Gasteiger partial charge on any atom is 0.158 e. The molecule has 140 valence electrons. The molecule has 0 aliphatic heterocycles. The van der Waals surface area contributed by atoms with Crippen molar-refractivity contribution in [2.75, 3.05) is 5.32 Å². The highest BCUT2D eigenvalue weighted by atomic mass is 35.5. The summed E-state index contributed by atoms with van der Waals surface area (Å²) in [4.78, 5) is 9.01. The molecule has 1 aliphatic rings. The molecule has 2 aromatic carbocycles. The van der Waals surface area contributed by atoms with Crippen molar-refractivity contribution in [1.82, 2.24) is 19.7 Å². The highest BCUT2D eigenvalue weighted by Gasteiger charge is 2.23. The number of hydrogen-bond acceptors (Lipinski definition) is 4. The summed E-state index contributed by atoms with van der Waals surface area (Å²) in [7, 11) is 0. The Bertz CT molecular complexity index is 1150. The Kier molecular flexibility index (Phi) is 4.41. The van der Waals surface area contributed by atoms with E-state index >= 15 is 0 Å². The molecule has 0 amide bonds. The van der Waals surface area contributed by atoms with Crippen LogP contribution in [0.2, 0.25) is 10.0 Å². The minimum Gasteiger partial charge on any atom is -0.365 e. The van der Waals surface area contributed by atoms with Crippen LogP contribution in [0.5, 0.6) is 0 Å². The van der Waals surface area contributed by atoms with E-state index in [9.17, 15) is 0 Å². The van der Waals surface area contributed by atoms with E-state index in [0.717, 1.165) is 46.6 Å². The molecule has 5 rings (SSSR count). The number of fused-ring (bicyclic) bond motifs is 1. The second-order valence-electron chi connectivity index (χ2n) is 6.91. The van der Waals surface area contributed by atoms with Crippen LogP contribution in [0.3, 0.4) is 0 Å². The average Bonchev–Trinajstić information content (AvgIpc) is 3.06. The molecular weight excluding hydrogens is 393 g/mol. The number of aromatic nitrogens is 4. The summed E-state index contributed by atoms with van der Waals surface area (Å²) in [5.74, 6) is 0.760. The van der Waals surface area contributed by atoms with Gasteiger partial charge in [0.25, 0.3) is 0 Å². The van der Waals surface area contributed by atoms with Gasteiger partial charge < -0.3 is 5.32 Å². The van der Waals surface area contributed by atoms with Gasteiger partial charge in [-0.05, 0) is 43.5 Å². The maximum absolute atomic E-state index is 6.49. The monoisotopic (exact) mass is 409 g/mol. The minimum atomic E-state index is 0.447. The first kappa shape index (κ1) is 17.5. The van der Waals surface area contributed by atoms with Crippen LogP contribution in [0.15, 0.2) is 54.9 Å².